The molecule has 0 saturated heterocycles. The summed E-state index contributed by atoms with van der Waals surface area (Å²) in [7, 11) is 0. The summed E-state index contributed by atoms with van der Waals surface area (Å²) in [5.41, 5.74) is 1.02. The van der Waals surface area contributed by atoms with Crippen LogP contribution in [0.1, 0.15) is 16.5 Å². The monoisotopic (exact) mass is 330 g/mol. The molecule has 3 heterocycles. The Balaban J connectivity index is 2.11. The molecule has 0 saturated carbocycles. The van der Waals surface area contributed by atoms with E-state index >= 15 is 0 Å². The van der Waals surface area contributed by atoms with E-state index in [-0.39, 0.29) is 0 Å². The number of rotatable bonds is 2. The molecule has 1 unspecified atom stereocenters. The van der Waals surface area contributed by atoms with Crippen LogP contribution in [0.15, 0.2) is 32.7 Å². The van der Waals surface area contributed by atoms with Gasteiger partial charge in [-0.15, -0.1) is 34.0 Å². The van der Waals surface area contributed by atoms with Gasteiger partial charge >= 0.3 is 0 Å². The molecular formula is C11H7BrOS3. The van der Waals surface area contributed by atoms with Crippen molar-refractivity contribution in [3.8, 4) is 0 Å². The Labute approximate surface area is 113 Å². The Bertz CT molecular complexity index is 622. The number of fused-ring (bicyclic) bond motifs is 1. The third-order valence-corrected chi connectivity index (χ3v) is 6.43. The zero-order valence-corrected chi connectivity index (χ0v) is 12.0. The largest absolute Gasteiger partial charge is 0.383 e. The topological polar surface area (TPSA) is 20.2 Å². The molecule has 3 aromatic heterocycles. The van der Waals surface area contributed by atoms with E-state index in [0.717, 1.165) is 14.9 Å². The lowest BCUT2D eigenvalue weighted by atomic mass is 10.1. The number of aliphatic hydroxyl groups excluding tert-OH is 1. The van der Waals surface area contributed by atoms with Crippen molar-refractivity contribution in [1.29, 1.82) is 0 Å². The minimum atomic E-state index is -0.516. The summed E-state index contributed by atoms with van der Waals surface area (Å²) < 4.78 is 2.27. The quantitative estimate of drug-likeness (QED) is 0.710. The summed E-state index contributed by atoms with van der Waals surface area (Å²) in [6.07, 6.45) is -0.516. The molecule has 0 radical (unpaired) electrons. The van der Waals surface area contributed by atoms with Crippen LogP contribution >= 0.6 is 49.9 Å². The van der Waals surface area contributed by atoms with E-state index in [4.69, 9.17) is 0 Å². The Morgan fingerprint density at radius 1 is 1.12 bits per heavy atom. The highest BCUT2D eigenvalue weighted by molar-refractivity contribution is 9.10. The summed E-state index contributed by atoms with van der Waals surface area (Å²) in [5, 5.41) is 17.7. The Morgan fingerprint density at radius 3 is 2.69 bits per heavy atom. The van der Waals surface area contributed by atoms with Crippen LogP contribution < -0.4 is 0 Å². The first-order valence-electron chi connectivity index (χ1n) is 4.63. The lowest BCUT2D eigenvalue weighted by Gasteiger charge is -2.07. The van der Waals surface area contributed by atoms with E-state index in [9.17, 15) is 5.11 Å². The van der Waals surface area contributed by atoms with Crippen molar-refractivity contribution in [2.45, 2.75) is 6.10 Å². The zero-order valence-electron chi connectivity index (χ0n) is 8.01. The molecule has 3 rings (SSSR count). The van der Waals surface area contributed by atoms with Crippen LogP contribution in [0.2, 0.25) is 0 Å². The Morgan fingerprint density at radius 2 is 1.94 bits per heavy atom. The van der Waals surface area contributed by atoms with E-state index in [2.05, 4.69) is 32.8 Å². The van der Waals surface area contributed by atoms with Gasteiger partial charge in [0.15, 0.2) is 0 Å². The first-order chi connectivity index (χ1) is 7.77. The predicted octanol–water partition coefficient (Wildman–Crippen LogP) is 4.87. The minimum Gasteiger partial charge on any atom is -0.383 e. The van der Waals surface area contributed by atoms with Crippen LogP contribution in [0.25, 0.3) is 9.40 Å². The second kappa shape index (κ2) is 4.23. The van der Waals surface area contributed by atoms with Crippen LogP contribution in [-0.4, -0.2) is 5.11 Å². The maximum absolute atomic E-state index is 10.4. The molecule has 0 bridgehead atoms. The summed E-state index contributed by atoms with van der Waals surface area (Å²) in [5.74, 6) is 0. The van der Waals surface area contributed by atoms with Gasteiger partial charge in [0, 0.05) is 15.4 Å². The van der Waals surface area contributed by atoms with E-state index in [1.807, 2.05) is 11.4 Å². The molecule has 0 aliphatic rings. The van der Waals surface area contributed by atoms with Gasteiger partial charge in [-0.25, -0.2) is 0 Å². The van der Waals surface area contributed by atoms with Crippen molar-refractivity contribution in [1.82, 2.24) is 0 Å². The van der Waals surface area contributed by atoms with Crippen molar-refractivity contribution in [3.05, 3.63) is 43.2 Å². The molecule has 0 fully saturated rings. The fourth-order valence-corrected chi connectivity index (χ4v) is 5.20. The summed E-state index contributed by atoms with van der Waals surface area (Å²) >= 11 is 8.47. The van der Waals surface area contributed by atoms with E-state index in [1.54, 1.807) is 34.0 Å². The van der Waals surface area contributed by atoms with Crippen LogP contribution in [0.4, 0.5) is 0 Å². The Hall–Kier alpha value is -0.200. The third kappa shape index (κ3) is 1.67. The molecule has 3 aromatic rings. The normalized spacial score (nSPS) is 13.4. The summed E-state index contributed by atoms with van der Waals surface area (Å²) in [4.78, 5) is 0.978. The second-order valence-corrected chi connectivity index (χ2v) is 7.20. The van der Waals surface area contributed by atoms with Gasteiger partial charge in [0.05, 0.1) is 8.89 Å². The average molecular weight is 331 g/mol. The highest BCUT2D eigenvalue weighted by atomic mass is 79.9. The lowest BCUT2D eigenvalue weighted by molar-refractivity contribution is 0.225. The van der Waals surface area contributed by atoms with Gasteiger partial charge in [-0.1, -0.05) is 0 Å². The van der Waals surface area contributed by atoms with E-state index in [1.165, 1.54) is 9.40 Å². The molecule has 1 atom stereocenters. The molecule has 0 amide bonds. The maximum Gasteiger partial charge on any atom is 0.116 e. The van der Waals surface area contributed by atoms with Gasteiger partial charge in [0.1, 0.15) is 6.10 Å². The third-order valence-electron chi connectivity index (χ3n) is 2.42. The highest BCUT2D eigenvalue weighted by Crippen LogP contribution is 2.40. The van der Waals surface area contributed by atoms with Gasteiger partial charge in [-0.3, -0.25) is 0 Å². The van der Waals surface area contributed by atoms with Crippen molar-refractivity contribution >= 4 is 59.3 Å². The number of hydrogen-bond donors (Lipinski definition) is 1. The number of hydrogen-bond acceptors (Lipinski definition) is 4. The van der Waals surface area contributed by atoms with Gasteiger partial charge in [0.25, 0.3) is 0 Å². The smallest absolute Gasteiger partial charge is 0.116 e. The second-order valence-electron chi connectivity index (χ2n) is 3.35. The lowest BCUT2D eigenvalue weighted by Crippen LogP contribution is -1.95. The molecular weight excluding hydrogens is 324 g/mol. The van der Waals surface area contributed by atoms with Gasteiger partial charge < -0.3 is 5.11 Å². The maximum atomic E-state index is 10.4. The molecule has 0 aromatic carbocycles. The molecule has 0 spiro atoms. The van der Waals surface area contributed by atoms with Crippen molar-refractivity contribution in [2.24, 2.45) is 0 Å². The molecule has 0 aliphatic carbocycles. The molecule has 16 heavy (non-hydrogen) atoms. The first kappa shape index (κ1) is 10.9. The van der Waals surface area contributed by atoms with Crippen LogP contribution in [0.3, 0.4) is 0 Å². The highest BCUT2D eigenvalue weighted by Gasteiger charge is 2.19. The van der Waals surface area contributed by atoms with Crippen molar-refractivity contribution in [3.63, 3.8) is 0 Å². The van der Waals surface area contributed by atoms with Gasteiger partial charge in [-0.05, 0) is 44.2 Å². The Kier molecular flexibility index (Phi) is 2.89. The fourth-order valence-electron chi connectivity index (χ4n) is 1.63. The average Bonchev–Trinajstić information content (AvgIpc) is 2.90. The van der Waals surface area contributed by atoms with Crippen molar-refractivity contribution < 1.29 is 5.11 Å². The fraction of sp³-hybridized carbons (Fsp3) is 0.0909. The summed E-state index contributed by atoms with van der Waals surface area (Å²) in [6.45, 7) is 0. The first-order valence-corrected chi connectivity index (χ1v) is 8.06. The standard InChI is InChI=1S/C11H7BrOS3/c12-8-2-4-14-10(8)9(13)7-5-16-11-6(7)1-3-15-11/h1-5,9,13H. The van der Waals surface area contributed by atoms with E-state index in [0.29, 0.717) is 0 Å². The number of aliphatic hydroxyl groups is 1. The molecule has 1 N–H and O–H groups in total. The van der Waals surface area contributed by atoms with Crippen LogP contribution in [-0.2, 0) is 0 Å². The molecule has 82 valence electrons. The van der Waals surface area contributed by atoms with E-state index < -0.39 is 6.10 Å². The van der Waals surface area contributed by atoms with Crippen molar-refractivity contribution in [2.75, 3.05) is 0 Å². The van der Waals surface area contributed by atoms with Crippen LogP contribution in [0.5, 0.6) is 0 Å². The predicted molar refractivity (Wildman–Crippen MR) is 75.8 cm³/mol. The SMILES string of the molecule is OC(c1sccc1Br)c1csc2sccc12. The number of halogens is 1. The van der Waals surface area contributed by atoms with Crippen LogP contribution in [0, 0.1) is 0 Å². The van der Waals surface area contributed by atoms with Gasteiger partial charge in [-0.2, -0.15) is 0 Å². The van der Waals surface area contributed by atoms with Gasteiger partial charge in [0.2, 0.25) is 0 Å². The molecule has 0 aliphatic heterocycles. The summed E-state index contributed by atoms with van der Waals surface area (Å²) in [6, 6.07) is 4.05. The molecule has 5 heteroatoms. The number of thiophene rings is 3. The molecule has 1 nitrogen and oxygen atoms in total. The zero-order chi connectivity index (χ0) is 11.1. The minimum absolute atomic E-state index is 0.516.